The fraction of sp³-hybridized carbons (Fsp3) is 0.727. The molecule has 1 unspecified atom stereocenters. The van der Waals surface area contributed by atoms with Crippen molar-refractivity contribution < 1.29 is 28.4 Å². The van der Waals surface area contributed by atoms with Gasteiger partial charge >= 0.3 is 14.2 Å². The maximum absolute atomic E-state index is 11.1. The third kappa shape index (κ3) is 9.69. The fourth-order valence-electron chi connectivity index (χ4n) is 1.01. The number of carbonyl (C=O) groups is 1. The van der Waals surface area contributed by atoms with Gasteiger partial charge in [0, 0.05) is 23.6 Å². The van der Waals surface area contributed by atoms with Crippen molar-refractivity contribution in [3.8, 4) is 0 Å². The van der Waals surface area contributed by atoms with Gasteiger partial charge in [0.1, 0.15) is 5.60 Å². The minimum Gasteiger partial charge on any atom is -0.444 e. The number of carbonyl (C=O) groups excluding carboxylic acids is 1. The van der Waals surface area contributed by atoms with E-state index in [1.807, 2.05) is 0 Å². The quantitative estimate of drug-likeness (QED) is 0.228. The van der Waals surface area contributed by atoms with Crippen LogP contribution in [0.25, 0.3) is 0 Å². The standard InChI is InChI=1S/C11H20NO6P/c1-9(2)10(13)16-8-12(5)17-7-6-11(3,4)18-19(14)15/h1,6-8H2,2-5H3/p+1. The predicted molar refractivity (Wildman–Crippen MR) is 69.1 cm³/mol. The average Bonchev–Trinajstić information content (AvgIpc) is 2.23. The Bertz CT molecular complexity index is 344. The van der Waals surface area contributed by atoms with Gasteiger partial charge in [0.2, 0.25) is 0 Å². The largest absolute Gasteiger partial charge is 0.695 e. The van der Waals surface area contributed by atoms with E-state index < -0.39 is 19.8 Å². The third-order valence-electron chi connectivity index (χ3n) is 2.07. The first-order valence-electron chi connectivity index (χ1n) is 5.66. The number of rotatable bonds is 9. The first kappa shape index (κ1) is 18.1. The Morgan fingerprint density at radius 1 is 1.47 bits per heavy atom. The summed E-state index contributed by atoms with van der Waals surface area (Å²) in [4.78, 5) is 25.0. The highest BCUT2D eigenvalue weighted by molar-refractivity contribution is 7.32. The summed E-state index contributed by atoms with van der Waals surface area (Å²) in [6.07, 6.45) is 0.410. The number of hydroxylamine groups is 2. The van der Waals surface area contributed by atoms with Crippen LogP contribution in [0.1, 0.15) is 27.2 Å². The maximum Gasteiger partial charge on any atom is 0.695 e. The number of ether oxygens (including phenoxy) is 1. The smallest absolute Gasteiger partial charge is 0.444 e. The van der Waals surface area contributed by atoms with Crippen LogP contribution in [0, 0.1) is 0 Å². The van der Waals surface area contributed by atoms with E-state index in [-0.39, 0.29) is 13.3 Å². The Kier molecular flexibility index (Phi) is 7.97. The van der Waals surface area contributed by atoms with Crippen molar-refractivity contribution in [3.05, 3.63) is 12.2 Å². The van der Waals surface area contributed by atoms with E-state index in [0.717, 1.165) is 0 Å². The summed E-state index contributed by atoms with van der Waals surface area (Å²) in [5, 5.41) is 1.34. The van der Waals surface area contributed by atoms with Gasteiger partial charge in [-0.25, -0.2) is 4.79 Å². The van der Waals surface area contributed by atoms with Gasteiger partial charge in [-0.05, 0) is 20.8 Å². The van der Waals surface area contributed by atoms with E-state index in [1.54, 1.807) is 27.8 Å². The highest BCUT2D eigenvalue weighted by atomic mass is 31.1. The topological polar surface area (TPSA) is 85.3 Å². The number of nitrogens with zero attached hydrogens (tertiary/aromatic N) is 1. The summed E-state index contributed by atoms with van der Waals surface area (Å²) in [7, 11) is -1.04. The lowest BCUT2D eigenvalue weighted by Crippen LogP contribution is -2.29. The second-order valence-corrected chi connectivity index (χ2v) is 5.30. The first-order chi connectivity index (χ1) is 8.64. The van der Waals surface area contributed by atoms with Crippen LogP contribution in [0.3, 0.4) is 0 Å². The van der Waals surface area contributed by atoms with Crippen molar-refractivity contribution in [1.29, 1.82) is 0 Å². The van der Waals surface area contributed by atoms with E-state index in [9.17, 15) is 9.36 Å². The normalized spacial score (nSPS) is 12.4. The third-order valence-corrected chi connectivity index (χ3v) is 2.72. The minimum atomic E-state index is -2.64. The SMILES string of the molecule is C=C(C)C(=O)OCN(C)OCCC(C)(C)O[P+](=O)O. The molecule has 0 aliphatic carbocycles. The summed E-state index contributed by atoms with van der Waals surface area (Å²) in [5.41, 5.74) is -0.452. The lowest BCUT2D eigenvalue weighted by molar-refractivity contribution is -0.199. The molecule has 0 bridgehead atoms. The Morgan fingerprint density at radius 3 is 2.53 bits per heavy atom. The summed E-state index contributed by atoms with van der Waals surface area (Å²) in [6.45, 7) is 8.61. The van der Waals surface area contributed by atoms with Crippen LogP contribution in [0.2, 0.25) is 0 Å². The summed E-state index contributed by atoms with van der Waals surface area (Å²) < 4.78 is 20.2. The average molecular weight is 294 g/mol. The van der Waals surface area contributed by atoms with E-state index in [4.69, 9.17) is 19.0 Å². The van der Waals surface area contributed by atoms with Crippen molar-refractivity contribution in [1.82, 2.24) is 5.06 Å². The van der Waals surface area contributed by atoms with Gasteiger partial charge in [-0.15, -0.1) is 9.42 Å². The van der Waals surface area contributed by atoms with Crippen molar-refractivity contribution in [2.45, 2.75) is 32.8 Å². The molecule has 0 aromatic carbocycles. The van der Waals surface area contributed by atoms with Gasteiger partial charge in [-0.1, -0.05) is 6.58 Å². The van der Waals surface area contributed by atoms with Gasteiger partial charge in [0.25, 0.3) is 0 Å². The Labute approximate surface area is 114 Å². The van der Waals surface area contributed by atoms with Crippen LogP contribution < -0.4 is 0 Å². The Hall–Kier alpha value is -0.850. The van der Waals surface area contributed by atoms with Gasteiger partial charge in [0.15, 0.2) is 6.73 Å². The first-order valence-corrected chi connectivity index (χ1v) is 6.79. The van der Waals surface area contributed by atoms with Crippen molar-refractivity contribution >= 4 is 14.2 Å². The molecule has 1 atom stereocenters. The van der Waals surface area contributed by atoms with Crippen molar-refractivity contribution in [2.24, 2.45) is 0 Å². The monoisotopic (exact) mass is 294 g/mol. The summed E-state index contributed by atoms with van der Waals surface area (Å²) in [6, 6.07) is 0. The van der Waals surface area contributed by atoms with Crippen LogP contribution in [0.15, 0.2) is 12.2 Å². The number of hydrogen-bond donors (Lipinski definition) is 1. The maximum atomic E-state index is 11.1. The van der Waals surface area contributed by atoms with Crippen LogP contribution in [-0.2, 0) is 23.5 Å². The van der Waals surface area contributed by atoms with Gasteiger partial charge < -0.3 is 4.74 Å². The molecule has 0 heterocycles. The molecule has 8 heteroatoms. The van der Waals surface area contributed by atoms with Crippen LogP contribution in [0.4, 0.5) is 0 Å². The fourth-order valence-corrected chi connectivity index (χ4v) is 1.53. The summed E-state index contributed by atoms with van der Waals surface area (Å²) >= 11 is 0. The molecule has 19 heavy (non-hydrogen) atoms. The molecular formula is C11H21NO6P+. The highest BCUT2D eigenvalue weighted by Crippen LogP contribution is 2.28. The highest BCUT2D eigenvalue weighted by Gasteiger charge is 2.30. The van der Waals surface area contributed by atoms with E-state index in [0.29, 0.717) is 12.0 Å². The molecule has 0 saturated heterocycles. The van der Waals surface area contributed by atoms with E-state index >= 15 is 0 Å². The van der Waals surface area contributed by atoms with Gasteiger partial charge in [0.05, 0.1) is 6.61 Å². The molecule has 0 amide bonds. The predicted octanol–water partition coefficient (Wildman–Crippen LogP) is 1.76. The lowest BCUT2D eigenvalue weighted by atomic mass is 10.1. The molecule has 0 aliphatic rings. The molecule has 0 fully saturated rings. The molecule has 0 radical (unpaired) electrons. The molecule has 0 spiro atoms. The second kappa shape index (κ2) is 8.35. The number of esters is 1. The molecule has 7 nitrogen and oxygen atoms in total. The van der Waals surface area contributed by atoms with E-state index in [1.165, 1.54) is 5.06 Å². The van der Waals surface area contributed by atoms with Crippen molar-refractivity contribution in [2.75, 3.05) is 20.4 Å². The molecular weight excluding hydrogens is 273 g/mol. The molecule has 0 aliphatic heterocycles. The molecule has 0 aromatic heterocycles. The summed E-state index contributed by atoms with van der Waals surface area (Å²) in [5.74, 6) is -0.489. The minimum absolute atomic E-state index is 0.0265. The van der Waals surface area contributed by atoms with Crippen LogP contribution in [-0.4, -0.2) is 41.9 Å². The molecule has 1 N–H and O–H groups in total. The van der Waals surface area contributed by atoms with Crippen LogP contribution >= 0.6 is 8.25 Å². The van der Waals surface area contributed by atoms with Gasteiger partial charge in [-0.2, -0.15) is 5.06 Å². The molecule has 0 aromatic rings. The molecule has 0 rings (SSSR count). The van der Waals surface area contributed by atoms with Crippen molar-refractivity contribution in [3.63, 3.8) is 0 Å². The molecule has 0 saturated carbocycles. The second-order valence-electron chi connectivity index (χ2n) is 4.64. The van der Waals surface area contributed by atoms with E-state index in [2.05, 4.69) is 6.58 Å². The van der Waals surface area contributed by atoms with Crippen LogP contribution in [0.5, 0.6) is 0 Å². The molecule has 110 valence electrons. The number of hydrogen-bond acceptors (Lipinski definition) is 6. The Morgan fingerprint density at radius 2 is 2.05 bits per heavy atom. The lowest BCUT2D eigenvalue weighted by Gasteiger charge is -2.20. The Balaban J connectivity index is 3.85. The van der Waals surface area contributed by atoms with Gasteiger partial charge in [-0.3, -0.25) is 4.84 Å². The zero-order valence-corrected chi connectivity index (χ0v) is 12.6. The zero-order chi connectivity index (χ0) is 15.1. The zero-order valence-electron chi connectivity index (χ0n) is 11.7.